The molecule has 5 heteroatoms. The molecule has 2 aromatic rings. The third-order valence-corrected chi connectivity index (χ3v) is 3.03. The maximum absolute atomic E-state index is 11.8. The number of rotatable bonds is 4. The first-order chi connectivity index (χ1) is 10.2. The number of benzene rings is 2. The number of anilines is 1. The molecular weight excluding hydrogens is 264 g/mol. The first-order valence-electron chi connectivity index (χ1n) is 6.55. The van der Waals surface area contributed by atoms with Crippen molar-refractivity contribution in [2.45, 2.75) is 13.1 Å². The summed E-state index contributed by atoms with van der Waals surface area (Å²) in [6, 6.07) is 16.1. The van der Waals surface area contributed by atoms with E-state index in [-0.39, 0.29) is 6.03 Å². The van der Waals surface area contributed by atoms with Crippen molar-refractivity contribution in [3.8, 4) is 6.07 Å². The van der Waals surface area contributed by atoms with Gasteiger partial charge in [0.1, 0.15) is 0 Å². The van der Waals surface area contributed by atoms with Crippen LogP contribution in [0.25, 0.3) is 0 Å². The summed E-state index contributed by atoms with van der Waals surface area (Å²) in [5, 5.41) is 14.3. The van der Waals surface area contributed by atoms with Gasteiger partial charge in [0, 0.05) is 18.8 Å². The quantitative estimate of drug-likeness (QED) is 0.802. The second kappa shape index (κ2) is 7.08. The molecule has 0 radical (unpaired) electrons. The fraction of sp³-hybridized carbons (Fsp3) is 0.125. The van der Waals surface area contributed by atoms with Crippen LogP contribution in [0.2, 0.25) is 0 Å². The third-order valence-electron chi connectivity index (χ3n) is 3.03. The Bertz CT molecular complexity index is 676. The molecule has 0 heterocycles. The van der Waals surface area contributed by atoms with Crippen molar-refractivity contribution in [1.82, 2.24) is 5.32 Å². The van der Waals surface area contributed by atoms with Crippen LogP contribution in [0.5, 0.6) is 0 Å². The Balaban J connectivity index is 1.94. The molecule has 0 atom stereocenters. The molecule has 106 valence electrons. The molecule has 2 aromatic carbocycles. The summed E-state index contributed by atoms with van der Waals surface area (Å²) in [5.41, 5.74) is 8.73. The SMILES string of the molecule is N#Cc1cccc(NC(=O)NCc2ccccc2CN)c1. The van der Waals surface area contributed by atoms with E-state index >= 15 is 0 Å². The zero-order chi connectivity index (χ0) is 15.1. The second-order valence-corrected chi connectivity index (χ2v) is 4.47. The number of nitrogens with one attached hydrogen (secondary N) is 2. The summed E-state index contributed by atoms with van der Waals surface area (Å²) in [6.07, 6.45) is 0. The van der Waals surface area contributed by atoms with E-state index in [2.05, 4.69) is 10.6 Å². The molecule has 2 rings (SSSR count). The van der Waals surface area contributed by atoms with Crippen molar-refractivity contribution >= 4 is 11.7 Å². The molecule has 0 aliphatic carbocycles. The van der Waals surface area contributed by atoms with Crippen LogP contribution in [0.4, 0.5) is 10.5 Å². The van der Waals surface area contributed by atoms with Crippen molar-refractivity contribution < 1.29 is 4.79 Å². The van der Waals surface area contributed by atoms with Crippen LogP contribution in [0.3, 0.4) is 0 Å². The summed E-state index contributed by atoms with van der Waals surface area (Å²) >= 11 is 0. The van der Waals surface area contributed by atoms with Crippen molar-refractivity contribution in [1.29, 1.82) is 5.26 Å². The first kappa shape index (κ1) is 14.6. The van der Waals surface area contributed by atoms with Gasteiger partial charge in [-0.25, -0.2) is 4.79 Å². The predicted molar refractivity (Wildman–Crippen MR) is 81.3 cm³/mol. The Morgan fingerprint density at radius 2 is 1.90 bits per heavy atom. The van der Waals surface area contributed by atoms with Gasteiger partial charge in [0.25, 0.3) is 0 Å². The average molecular weight is 280 g/mol. The van der Waals surface area contributed by atoms with E-state index in [1.165, 1.54) is 0 Å². The lowest BCUT2D eigenvalue weighted by Gasteiger charge is -2.10. The molecule has 4 N–H and O–H groups in total. The zero-order valence-corrected chi connectivity index (χ0v) is 11.5. The predicted octanol–water partition coefficient (Wildman–Crippen LogP) is 2.34. The number of carbonyl (C=O) groups is 1. The summed E-state index contributed by atoms with van der Waals surface area (Å²) < 4.78 is 0. The Hall–Kier alpha value is -2.84. The molecule has 0 saturated heterocycles. The third kappa shape index (κ3) is 4.06. The molecule has 0 aliphatic rings. The lowest BCUT2D eigenvalue weighted by molar-refractivity contribution is 0.251. The van der Waals surface area contributed by atoms with E-state index < -0.39 is 0 Å². The molecule has 0 fully saturated rings. The summed E-state index contributed by atoms with van der Waals surface area (Å²) in [5.74, 6) is 0. The summed E-state index contributed by atoms with van der Waals surface area (Å²) in [4.78, 5) is 11.8. The molecule has 0 saturated carbocycles. The smallest absolute Gasteiger partial charge is 0.319 e. The monoisotopic (exact) mass is 280 g/mol. The molecule has 0 aromatic heterocycles. The van der Waals surface area contributed by atoms with Crippen molar-refractivity contribution in [2.75, 3.05) is 5.32 Å². The lowest BCUT2D eigenvalue weighted by Crippen LogP contribution is -2.28. The van der Waals surface area contributed by atoms with Crippen LogP contribution in [0.1, 0.15) is 16.7 Å². The maximum Gasteiger partial charge on any atom is 0.319 e. The molecule has 0 spiro atoms. The molecule has 2 amide bonds. The van der Waals surface area contributed by atoms with Crippen molar-refractivity contribution in [3.05, 3.63) is 65.2 Å². The number of urea groups is 1. The van der Waals surface area contributed by atoms with E-state index in [4.69, 9.17) is 11.0 Å². The van der Waals surface area contributed by atoms with Gasteiger partial charge in [-0.15, -0.1) is 0 Å². The number of nitriles is 1. The molecular formula is C16H16N4O. The number of hydrogen-bond donors (Lipinski definition) is 3. The fourth-order valence-corrected chi connectivity index (χ4v) is 1.95. The standard InChI is InChI=1S/C16H16N4O/c17-9-12-4-3-7-15(8-12)20-16(21)19-11-14-6-2-1-5-13(14)10-18/h1-8H,10-11,18H2,(H2,19,20,21). The highest BCUT2D eigenvalue weighted by Gasteiger charge is 2.04. The zero-order valence-electron chi connectivity index (χ0n) is 11.5. The molecule has 0 unspecified atom stereocenters. The van der Waals surface area contributed by atoms with Gasteiger partial charge in [0.05, 0.1) is 11.6 Å². The number of nitrogens with two attached hydrogens (primary N) is 1. The van der Waals surface area contributed by atoms with Crippen LogP contribution in [0.15, 0.2) is 48.5 Å². The topological polar surface area (TPSA) is 90.9 Å². The molecule has 0 aliphatic heterocycles. The second-order valence-electron chi connectivity index (χ2n) is 4.47. The van der Waals surface area contributed by atoms with Gasteiger partial charge >= 0.3 is 6.03 Å². The van der Waals surface area contributed by atoms with Gasteiger partial charge in [0.15, 0.2) is 0 Å². The number of carbonyl (C=O) groups excluding carboxylic acids is 1. The van der Waals surface area contributed by atoms with Crippen LogP contribution in [-0.2, 0) is 13.1 Å². The Labute approximate surface area is 123 Å². The van der Waals surface area contributed by atoms with Gasteiger partial charge in [0.2, 0.25) is 0 Å². The minimum atomic E-state index is -0.322. The molecule has 5 nitrogen and oxygen atoms in total. The van der Waals surface area contributed by atoms with E-state index in [0.717, 1.165) is 11.1 Å². The normalized spacial score (nSPS) is 9.71. The van der Waals surface area contributed by atoms with E-state index in [0.29, 0.717) is 24.3 Å². The number of amides is 2. The van der Waals surface area contributed by atoms with Gasteiger partial charge in [-0.2, -0.15) is 5.26 Å². The molecule has 21 heavy (non-hydrogen) atoms. The first-order valence-corrected chi connectivity index (χ1v) is 6.55. The van der Waals surface area contributed by atoms with Crippen LogP contribution >= 0.6 is 0 Å². The van der Waals surface area contributed by atoms with Crippen LogP contribution in [0, 0.1) is 11.3 Å². The van der Waals surface area contributed by atoms with Crippen LogP contribution in [-0.4, -0.2) is 6.03 Å². The minimum absolute atomic E-state index is 0.322. The van der Waals surface area contributed by atoms with Gasteiger partial charge in [-0.1, -0.05) is 30.3 Å². The van der Waals surface area contributed by atoms with Gasteiger partial charge < -0.3 is 16.4 Å². The Kier molecular flexibility index (Phi) is 4.91. The van der Waals surface area contributed by atoms with E-state index in [9.17, 15) is 4.79 Å². The minimum Gasteiger partial charge on any atom is -0.334 e. The highest BCUT2D eigenvalue weighted by Crippen LogP contribution is 2.10. The Morgan fingerprint density at radius 3 is 2.62 bits per heavy atom. The van der Waals surface area contributed by atoms with Crippen molar-refractivity contribution in [2.24, 2.45) is 5.73 Å². The van der Waals surface area contributed by atoms with Gasteiger partial charge in [-0.3, -0.25) is 0 Å². The highest BCUT2D eigenvalue weighted by molar-refractivity contribution is 5.89. The highest BCUT2D eigenvalue weighted by atomic mass is 16.2. The van der Waals surface area contributed by atoms with E-state index in [1.54, 1.807) is 24.3 Å². The largest absolute Gasteiger partial charge is 0.334 e. The Morgan fingerprint density at radius 1 is 1.14 bits per heavy atom. The maximum atomic E-state index is 11.8. The number of hydrogen-bond acceptors (Lipinski definition) is 3. The summed E-state index contributed by atoms with van der Waals surface area (Å²) in [6.45, 7) is 0.834. The lowest BCUT2D eigenvalue weighted by atomic mass is 10.1. The fourth-order valence-electron chi connectivity index (χ4n) is 1.95. The van der Waals surface area contributed by atoms with E-state index in [1.807, 2.05) is 30.3 Å². The van der Waals surface area contributed by atoms with Crippen LogP contribution < -0.4 is 16.4 Å². The molecule has 0 bridgehead atoms. The number of nitrogens with zero attached hydrogens (tertiary/aromatic N) is 1. The van der Waals surface area contributed by atoms with Gasteiger partial charge in [-0.05, 0) is 29.3 Å². The van der Waals surface area contributed by atoms with Crippen molar-refractivity contribution in [3.63, 3.8) is 0 Å². The summed E-state index contributed by atoms with van der Waals surface area (Å²) in [7, 11) is 0. The average Bonchev–Trinajstić information content (AvgIpc) is 2.53.